The number of hydrogen-bond donors (Lipinski definition) is 3. The Morgan fingerprint density at radius 3 is 2.81 bits per heavy atom. The van der Waals surface area contributed by atoms with E-state index in [0.29, 0.717) is 6.54 Å². The lowest BCUT2D eigenvalue weighted by Gasteiger charge is -2.10. The van der Waals surface area contributed by atoms with Gasteiger partial charge < -0.3 is 16.4 Å². The number of likely N-dealkylation sites (N-methyl/N-ethyl adjacent to an activating group) is 1. The van der Waals surface area contributed by atoms with Gasteiger partial charge in [0.2, 0.25) is 5.91 Å². The maximum absolute atomic E-state index is 11.3. The number of hydrogen-bond acceptors (Lipinski definition) is 3. The molecule has 4 N–H and O–H groups in total. The lowest BCUT2D eigenvalue weighted by Crippen LogP contribution is -2.29. The van der Waals surface area contributed by atoms with E-state index < -0.39 is 0 Å². The Morgan fingerprint density at radius 2 is 2.19 bits per heavy atom. The molecule has 0 fully saturated rings. The summed E-state index contributed by atoms with van der Waals surface area (Å²) in [5.41, 5.74) is 8.35. The highest BCUT2D eigenvalue weighted by atomic mass is 79.9. The van der Waals surface area contributed by atoms with Crippen molar-refractivity contribution in [3.05, 3.63) is 22.2 Å². The number of benzene rings is 1. The molecular weight excluding hydrogens is 270 g/mol. The number of nitrogens with one attached hydrogen (secondary N) is 2. The molecule has 0 aromatic heterocycles. The number of nitrogen functional groups attached to an aromatic ring is 1. The van der Waals surface area contributed by atoms with Gasteiger partial charge in [-0.15, -0.1) is 0 Å². The first-order valence-electron chi connectivity index (χ1n) is 5.10. The molecule has 0 heterocycles. The zero-order valence-electron chi connectivity index (χ0n) is 9.43. The fourth-order valence-electron chi connectivity index (χ4n) is 1.27. The number of aryl methyl sites for hydroxylation is 1. The number of carbonyl (C=O) groups is 1. The summed E-state index contributed by atoms with van der Waals surface area (Å²) in [6, 6.07) is 3.74. The molecule has 0 aliphatic rings. The van der Waals surface area contributed by atoms with E-state index in [1.165, 1.54) is 0 Å². The Hall–Kier alpha value is -1.23. The number of nitrogens with two attached hydrogens (primary N) is 1. The zero-order valence-corrected chi connectivity index (χ0v) is 11.0. The Balaban J connectivity index is 2.67. The molecule has 0 saturated heterocycles. The highest BCUT2D eigenvalue weighted by molar-refractivity contribution is 9.10. The third-order valence-corrected chi connectivity index (χ3v) is 2.83. The number of amides is 1. The van der Waals surface area contributed by atoms with Crippen molar-refractivity contribution < 1.29 is 4.79 Å². The van der Waals surface area contributed by atoms with E-state index in [0.717, 1.165) is 21.4 Å². The largest absolute Gasteiger partial charge is 0.398 e. The van der Waals surface area contributed by atoms with Crippen molar-refractivity contribution >= 4 is 33.2 Å². The van der Waals surface area contributed by atoms with Crippen LogP contribution in [0.2, 0.25) is 0 Å². The lowest BCUT2D eigenvalue weighted by atomic mass is 10.2. The summed E-state index contributed by atoms with van der Waals surface area (Å²) in [6.45, 7) is 4.72. The highest BCUT2D eigenvalue weighted by Gasteiger charge is 2.05. The van der Waals surface area contributed by atoms with Gasteiger partial charge in [0.15, 0.2) is 0 Å². The molecule has 1 amide bonds. The normalized spacial score (nSPS) is 9.94. The van der Waals surface area contributed by atoms with Gasteiger partial charge in [-0.2, -0.15) is 0 Å². The van der Waals surface area contributed by atoms with Crippen LogP contribution < -0.4 is 16.4 Å². The number of anilines is 2. The van der Waals surface area contributed by atoms with Crippen LogP contribution in [0.1, 0.15) is 12.5 Å². The molecule has 0 bridgehead atoms. The summed E-state index contributed by atoms with van der Waals surface area (Å²) >= 11 is 3.40. The van der Waals surface area contributed by atoms with Crippen LogP contribution in [0, 0.1) is 6.92 Å². The molecule has 1 aromatic rings. The molecular formula is C11H16BrN3O. The van der Waals surface area contributed by atoms with E-state index in [4.69, 9.17) is 5.73 Å². The smallest absolute Gasteiger partial charge is 0.239 e. The molecule has 0 unspecified atom stereocenters. The molecule has 5 heteroatoms. The van der Waals surface area contributed by atoms with Crippen molar-refractivity contribution in [2.24, 2.45) is 0 Å². The number of halogens is 1. The van der Waals surface area contributed by atoms with E-state index in [1.54, 1.807) is 0 Å². The molecule has 0 aliphatic heterocycles. The first-order valence-corrected chi connectivity index (χ1v) is 5.90. The van der Waals surface area contributed by atoms with Crippen LogP contribution in [0.4, 0.5) is 11.4 Å². The predicted octanol–water partition coefficient (Wildman–Crippen LogP) is 1.89. The minimum Gasteiger partial charge on any atom is -0.398 e. The SMILES string of the molecule is CCNC(=O)CNc1cc(C)c(N)cc1Br. The maximum Gasteiger partial charge on any atom is 0.239 e. The fourth-order valence-corrected chi connectivity index (χ4v) is 1.77. The van der Waals surface area contributed by atoms with Crippen LogP contribution in [0.3, 0.4) is 0 Å². The third kappa shape index (κ3) is 3.41. The van der Waals surface area contributed by atoms with Crippen molar-refractivity contribution in [1.82, 2.24) is 5.32 Å². The summed E-state index contributed by atoms with van der Waals surface area (Å²) in [7, 11) is 0. The standard InChI is InChI=1S/C11H16BrN3O/c1-3-14-11(16)6-15-10-4-7(2)9(13)5-8(10)12/h4-5,15H,3,6,13H2,1-2H3,(H,14,16). The van der Waals surface area contributed by atoms with Crippen molar-refractivity contribution in [2.45, 2.75) is 13.8 Å². The summed E-state index contributed by atoms with van der Waals surface area (Å²) < 4.78 is 0.861. The van der Waals surface area contributed by atoms with Gasteiger partial charge in [-0.3, -0.25) is 4.79 Å². The first kappa shape index (κ1) is 12.8. The minimum atomic E-state index is -0.0242. The average Bonchev–Trinajstić information content (AvgIpc) is 2.22. The highest BCUT2D eigenvalue weighted by Crippen LogP contribution is 2.27. The first-order chi connectivity index (χ1) is 7.54. The topological polar surface area (TPSA) is 67.2 Å². The van der Waals surface area contributed by atoms with Crippen molar-refractivity contribution in [3.8, 4) is 0 Å². The van der Waals surface area contributed by atoms with Gasteiger partial charge in [0.05, 0.1) is 6.54 Å². The zero-order chi connectivity index (χ0) is 12.1. The van der Waals surface area contributed by atoms with Gasteiger partial charge in [-0.1, -0.05) is 0 Å². The van der Waals surface area contributed by atoms with Gasteiger partial charge in [0.25, 0.3) is 0 Å². The second-order valence-corrected chi connectivity index (χ2v) is 4.35. The predicted molar refractivity (Wildman–Crippen MR) is 70.5 cm³/mol. The molecule has 0 aliphatic carbocycles. The quantitative estimate of drug-likeness (QED) is 0.740. The van der Waals surface area contributed by atoms with Gasteiger partial charge in [-0.05, 0) is 47.5 Å². The molecule has 88 valence electrons. The van der Waals surface area contributed by atoms with E-state index in [2.05, 4.69) is 26.6 Å². The van der Waals surface area contributed by atoms with Crippen LogP contribution in [-0.2, 0) is 4.79 Å². The molecule has 16 heavy (non-hydrogen) atoms. The lowest BCUT2D eigenvalue weighted by molar-refractivity contribution is -0.119. The Labute approximate surface area is 104 Å². The van der Waals surface area contributed by atoms with Gasteiger partial charge in [0.1, 0.15) is 0 Å². The average molecular weight is 286 g/mol. The Bertz CT molecular complexity index is 393. The molecule has 0 spiro atoms. The van der Waals surface area contributed by atoms with E-state index >= 15 is 0 Å². The van der Waals surface area contributed by atoms with Gasteiger partial charge in [0, 0.05) is 22.4 Å². The van der Waals surface area contributed by atoms with Crippen LogP contribution in [0.5, 0.6) is 0 Å². The van der Waals surface area contributed by atoms with E-state index in [9.17, 15) is 4.79 Å². The summed E-state index contributed by atoms with van der Waals surface area (Å²) in [6.07, 6.45) is 0. The van der Waals surface area contributed by atoms with Crippen LogP contribution in [-0.4, -0.2) is 19.0 Å². The fraction of sp³-hybridized carbons (Fsp3) is 0.364. The third-order valence-electron chi connectivity index (χ3n) is 2.17. The Kier molecular flexibility index (Phi) is 4.61. The van der Waals surface area contributed by atoms with Crippen LogP contribution >= 0.6 is 15.9 Å². The minimum absolute atomic E-state index is 0.0242. The maximum atomic E-state index is 11.3. The molecule has 0 radical (unpaired) electrons. The molecule has 0 atom stereocenters. The van der Waals surface area contributed by atoms with Crippen LogP contribution in [0.25, 0.3) is 0 Å². The van der Waals surface area contributed by atoms with Gasteiger partial charge >= 0.3 is 0 Å². The van der Waals surface area contributed by atoms with Crippen LogP contribution in [0.15, 0.2) is 16.6 Å². The summed E-state index contributed by atoms with van der Waals surface area (Å²) in [5, 5.41) is 5.77. The Morgan fingerprint density at radius 1 is 1.50 bits per heavy atom. The molecule has 0 saturated carbocycles. The second kappa shape index (κ2) is 5.75. The molecule has 1 aromatic carbocycles. The second-order valence-electron chi connectivity index (χ2n) is 3.50. The molecule has 1 rings (SSSR count). The number of carbonyl (C=O) groups excluding carboxylic acids is 1. The monoisotopic (exact) mass is 285 g/mol. The van der Waals surface area contributed by atoms with Crippen molar-refractivity contribution in [1.29, 1.82) is 0 Å². The summed E-state index contributed by atoms with van der Waals surface area (Å²) in [5.74, 6) is -0.0242. The van der Waals surface area contributed by atoms with E-state index in [-0.39, 0.29) is 12.5 Å². The van der Waals surface area contributed by atoms with Crippen molar-refractivity contribution in [3.63, 3.8) is 0 Å². The van der Waals surface area contributed by atoms with Crippen molar-refractivity contribution in [2.75, 3.05) is 24.1 Å². The van der Waals surface area contributed by atoms with E-state index in [1.807, 2.05) is 26.0 Å². The number of rotatable bonds is 4. The molecule has 4 nitrogen and oxygen atoms in total. The van der Waals surface area contributed by atoms with Gasteiger partial charge in [-0.25, -0.2) is 0 Å². The summed E-state index contributed by atoms with van der Waals surface area (Å²) in [4.78, 5) is 11.3.